The van der Waals surface area contributed by atoms with Gasteiger partial charge in [-0.3, -0.25) is 9.69 Å². The van der Waals surface area contributed by atoms with E-state index in [9.17, 15) is 4.79 Å². The maximum Gasteiger partial charge on any atom is 0.323 e. The molecule has 1 fully saturated rings. The van der Waals surface area contributed by atoms with Crippen LogP contribution in [0.3, 0.4) is 0 Å². The molecule has 1 aliphatic rings. The summed E-state index contributed by atoms with van der Waals surface area (Å²) in [4.78, 5) is 13.7. The van der Waals surface area contributed by atoms with Crippen LogP contribution in [0, 0.1) is 5.92 Å². The monoisotopic (exact) mass is 199 g/mol. The van der Waals surface area contributed by atoms with E-state index in [0.717, 1.165) is 13.1 Å². The van der Waals surface area contributed by atoms with Gasteiger partial charge in [0.2, 0.25) is 0 Å². The summed E-state index contributed by atoms with van der Waals surface area (Å²) in [5.41, 5.74) is 0. The standard InChI is InChI=1S/C11H21NO2/c1-4-14-11(13)10(3)12-7-5-6-9(2)8-12/h9-10H,4-8H2,1-3H3/t9-,10+/m1/s1. The lowest BCUT2D eigenvalue weighted by Gasteiger charge is -2.34. The second-order valence-corrected chi connectivity index (χ2v) is 4.17. The van der Waals surface area contributed by atoms with Crippen molar-refractivity contribution in [2.45, 2.75) is 39.7 Å². The van der Waals surface area contributed by atoms with E-state index in [4.69, 9.17) is 4.74 Å². The molecule has 0 unspecified atom stereocenters. The molecule has 3 nitrogen and oxygen atoms in total. The molecule has 0 aromatic rings. The van der Waals surface area contributed by atoms with E-state index in [-0.39, 0.29) is 12.0 Å². The Bertz CT molecular complexity index is 194. The van der Waals surface area contributed by atoms with E-state index in [1.807, 2.05) is 13.8 Å². The van der Waals surface area contributed by atoms with Gasteiger partial charge in [0.25, 0.3) is 0 Å². The molecule has 1 aliphatic heterocycles. The van der Waals surface area contributed by atoms with Gasteiger partial charge < -0.3 is 4.74 Å². The number of hydrogen-bond donors (Lipinski definition) is 0. The molecule has 3 heteroatoms. The largest absolute Gasteiger partial charge is 0.465 e. The normalized spacial score (nSPS) is 25.8. The average Bonchev–Trinajstić information content (AvgIpc) is 2.17. The van der Waals surface area contributed by atoms with Crippen molar-refractivity contribution in [2.75, 3.05) is 19.7 Å². The zero-order valence-corrected chi connectivity index (χ0v) is 9.45. The fourth-order valence-corrected chi connectivity index (χ4v) is 1.99. The number of likely N-dealkylation sites (tertiary alicyclic amines) is 1. The van der Waals surface area contributed by atoms with Crippen LogP contribution >= 0.6 is 0 Å². The number of hydrogen-bond acceptors (Lipinski definition) is 3. The van der Waals surface area contributed by atoms with E-state index >= 15 is 0 Å². The number of carbonyl (C=O) groups excluding carboxylic acids is 1. The predicted octanol–water partition coefficient (Wildman–Crippen LogP) is 1.67. The zero-order chi connectivity index (χ0) is 10.6. The number of carbonyl (C=O) groups is 1. The summed E-state index contributed by atoms with van der Waals surface area (Å²) in [6.45, 7) is 8.57. The Kier molecular flexibility index (Phi) is 4.39. The van der Waals surface area contributed by atoms with Crippen molar-refractivity contribution in [3.63, 3.8) is 0 Å². The zero-order valence-electron chi connectivity index (χ0n) is 9.45. The Balaban J connectivity index is 2.42. The van der Waals surface area contributed by atoms with Crippen LogP contribution in [0.1, 0.15) is 33.6 Å². The Hall–Kier alpha value is -0.570. The van der Waals surface area contributed by atoms with Crippen LogP contribution in [0.15, 0.2) is 0 Å². The lowest BCUT2D eigenvalue weighted by molar-refractivity contribution is -0.149. The molecular weight excluding hydrogens is 178 g/mol. The SMILES string of the molecule is CCOC(=O)[C@H](C)N1CCC[C@@H](C)C1. The second kappa shape index (κ2) is 5.35. The van der Waals surface area contributed by atoms with Crippen molar-refractivity contribution in [3.8, 4) is 0 Å². The van der Waals surface area contributed by atoms with E-state index < -0.39 is 0 Å². The molecule has 14 heavy (non-hydrogen) atoms. The third kappa shape index (κ3) is 2.98. The van der Waals surface area contributed by atoms with Crippen LogP contribution in [0.4, 0.5) is 0 Å². The molecule has 1 saturated heterocycles. The Morgan fingerprint density at radius 1 is 1.64 bits per heavy atom. The Morgan fingerprint density at radius 2 is 2.36 bits per heavy atom. The molecule has 82 valence electrons. The number of nitrogens with zero attached hydrogens (tertiary/aromatic N) is 1. The van der Waals surface area contributed by atoms with Crippen molar-refractivity contribution in [1.82, 2.24) is 4.90 Å². The molecule has 1 heterocycles. The highest BCUT2D eigenvalue weighted by Gasteiger charge is 2.26. The van der Waals surface area contributed by atoms with Gasteiger partial charge in [-0.25, -0.2) is 0 Å². The molecule has 0 spiro atoms. The fraction of sp³-hybridized carbons (Fsp3) is 0.909. The van der Waals surface area contributed by atoms with Crippen LogP contribution in [0.25, 0.3) is 0 Å². The summed E-state index contributed by atoms with van der Waals surface area (Å²) < 4.78 is 5.01. The first-order valence-corrected chi connectivity index (χ1v) is 5.55. The third-order valence-electron chi connectivity index (χ3n) is 2.86. The quantitative estimate of drug-likeness (QED) is 0.648. The highest BCUT2D eigenvalue weighted by atomic mass is 16.5. The van der Waals surface area contributed by atoms with E-state index in [0.29, 0.717) is 12.5 Å². The molecule has 2 atom stereocenters. The van der Waals surface area contributed by atoms with Crippen molar-refractivity contribution in [1.29, 1.82) is 0 Å². The van der Waals surface area contributed by atoms with Gasteiger partial charge in [0.1, 0.15) is 6.04 Å². The van der Waals surface area contributed by atoms with Gasteiger partial charge in [-0.05, 0) is 39.2 Å². The van der Waals surface area contributed by atoms with Crippen molar-refractivity contribution in [2.24, 2.45) is 5.92 Å². The van der Waals surface area contributed by atoms with Crippen LogP contribution in [0.5, 0.6) is 0 Å². The van der Waals surface area contributed by atoms with Crippen LogP contribution in [-0.4, -0.2) is 36.6 Å². The van der Waals surface area contributed by atoms with Gasteiger partial charge in [0.15, 0.2) is 0 Å². The van der Waals surface area contributed by atoms with Gasteiger partial charge in [-0.1, -0.05) is 6.92 Å². The molecule has 0 N–H and O–H groups in total. The minimum absolute atomic E-state index is 0.0716. The second-order valence-electron chi connectivity index (χ2n) is 4.17. The molecule has 0 radical (unpaired) electrons. The minimum Gasteiger partial charge on any atom is -0.465 e. The van der Waals surface area contributed by atoms with Crippen LogP contribution in [-0.2, 0) is 9.53 Å². The molecule has 0 aliphatic carbocycles. The molecule has 0 bridgehead atoms. The maximum absolute atomic E-state index is 11.5. The van der Waals surface area contributed by atoms with Gasteiger partial charge in [-0.15, -0.1) is 0 Å². The van der Waals surface area contributed by atoms with Gasteiger partial charge in [0.05, 0.1) is 6.61 Å². The third-order valence-corrected chi connectivity index (χ3v) is 2.86. The maximum atomic E-state index is 11.5. The summed E-state index contributed by atoms with van der Waals surface area (Å²) >= 11 is 0. The van der Waals surface area contributed by atoms with Crippen molar-refractivity contribution in [3.05, 3.63) is 0 Å². The predicted molar refractivity (Wildman–Crippen MR) is 56.1 cm³/mol. The Morgan fingerprint density at radius 3 is 2.93 bits per heavy atom. The van der Waals surface area contributed by atoms with Crippen molar-refractivity contribution < 1.29 is 9.53 Å². The molecule has 0 amide bonds. The first-order valence-electron chi connectivity index (χ1n) is 5.55. The lowest BCUT2D eigenvalue weighted by Crippen LogP contribution is -2.45. The van der Waals surface area contributed by atoms with Crippen molar-refractivity contribution >= 4 is 5.97 Å². The molecule has 0 aromatic heterocycles. The first kappa shape index (κ1) is 11.5. The van der Waals surface area contributed by atoms with E-state index in [2.05, 4.69) is 11.8 Å². The fourth-order valence-electron chi connectivity index (χ4n) is 1.99. The van der Waals surface area contributed by atoms with Gasteiger partial charge in [0, 0.05) is 6.54 Å². The summed E-state index contributed by atoms with van der Waals surface area (Å²) in [5, 5.41) is 0. The summed E-state index contributed by atoms with van der Waals surface area (Å²) in [5.74, 6) is 0.627. The van der Waals surface area contributed by atoms with Crippen LogP contribution < -0.4 is 0 Å². The molecule has 1 rings (SSSR count). The average molecular weight is 199 g/mol. The van der Waals surface area contributed by atoms with E-state index in [1.165, 1.54) is 12.8 Å². The number of rotatable bonds is 3. The highest BCUT2D eigenvalue weighted by molar-refractivity contribution is 5.75. The van der Waals surface area contributed by atoms with Gasteiger partial charge in [-0.2, -0.15) is 0 Å². The number of ether oxygens (including phenoxy) is 1. The Labute approximate surface area is 86.4 Å². The molecular formula is C11H21NO2. The smallest absolute Gasteiger partial charge is 0.323 e. The van der Waals surface area contributed by atoms with Gasteiger partial charge >= 0.3 is 5.97 Å². The summed E-state index contributed by atoms with van der Waals surface area (Å²) in [6, 6.07) is -0.0716. The number of esters is 1. The highest BCUT2D eigenvalue weighted by Crippen LogP contribution is 2.17. The van der Waals surface area contributed by atoms with Crippen LogP contribution in [0.2, 0.25) is 0 Å². The molecule has 0 saturated carbocycles. The molecule has 0 aromatic carbocycles. The summed E-state index contributed by atoms with van der Waals surface area (Å²) in [6.07, 6.45) is 2.48. The summed E-state index contributed by atoms with van der Waals surface area (Å²) in [7, 11) is 0. The van der Waals surface area contributed by atoms with E-state index in [1.54, 1.807) is 0 Å². The minimum atomic E-state index is -0.0819. The first-order chi connectivity index (χ1) is 6.65. The topological polar surface area (TPSA) is 29.5 Å². The lowest BCUT2D eigenvalue weighted by atomic mass is 9.99. The number of piperidine rings is 1.